The first-order valence-corrected chi connectivity index (χ1v) is 43.6. The van der Waals surface area contributed by atoms with Crippen LogP contribution in [0, 0.1) is 13.8 Å². The minimum Gasteiger partial charge on any atom is -0.457 e. The summed E-state index contributed by atoms with van der Waals surface area (Å²) < 4.78 is 52.8. The van der Waals surface area contributed by atoms with Crippen LogP contribution in [-0.4, -0.2) is 190 Å². The van der Waals surface area contributed by atoms with Crippen molar-refractivity contribution in [3.05, 3.63) is 224 Å². The van der Waals surface area contributed by atoms with E-state index in [4.69, 9.17) is 37.9 Å². The van der Waals surface area contributed by atoms with Crippen LogP contribution in [-0.2, 0) is 28.5 Å². The number of hydrogen-bond acceptors (Lipinski definition) is 18. The summed E-state index contributed by atoms with van der Waals surface area (Å²) in [6.45, 7) is 27.6. The van der Waals surface area contributed by atoms with E-state index in [1.807, 2.05) is 141 Å². The highest BCUT2D eigenvalue weighted by Gasteiger charge is 2.49. The van der Waals surface area contributed by atoms with Crippen molar-refractivity contribution in [2.45, 2.75) is 144 Å². The van der Waals surface area contributed by atoms with Crippen molar-refractivity contribution in [3.8, 4) is 46.0 Å². The first-order chi connectivity index (χ1) is 59.9. The predicted octanol–water partition coefficient (Wildman–Crippen LogP) is 18.2. The fourth-order valence-electron chi connectivity index (χ4n) is 18.0. The highest BCUT2D eigenvalue weighted by Crippen LogP contribution is 2.59. The maximum atomic E-state index is 16.8. The molecule has 0 radical (unpaired) electrons. The van der Waals surface area contributed by atoms with Gasteiger partial charge in [-0.05, 0) is 182 Å². The Morgan fingerprint density at radius 3 is 1.02 bits per heavy atom. The molecule has 11 aromatic rings. The topological polar surface area (TPSA) is 248 Å². The van der Waals surface area contributed by atoms with Gasteiger partial charge >= 0.3 is 0 Å². The van der Waals surface area contributed by atoms with Crippen LogP contribution in [0.4, 0.5) is 11.4 Å². The Bertz CT molecular complexity index is 5420. The Morgan fingerprint density at radius 1 is 0.403 bits per heavy atom. The van der Waals surface area contributed by atoms with E-state index in [9.17, 15) is 9.59 Å². The van der Waals surface area contributed by atoms with Crippen LogP contribution in [0.2, 0.25) is 0 Å². The molecule has 23 nitrogen and oxygen atoms in total. The number of imide groups is 2. The average Bonchev–Trinajstić information content (AvgIpc) is 0.790. The zero-order chi connectivity index (χ0) is 86.8. The minimum absolute atomic E-state index is 0.00223. The third kappa shape index (κ3) is 16.1. The Morgan fingerprint density at radius 2 is 0.718 bits per heavy atom. The summed E-state index contributed by atoms with van der Waals surface area (Å²) in [7, 11) is 0. The number of benzene rings is 11. The lowest BCUT2D eigenvalue weighted by Crippen LogP contribution is -2.59. The number of fused-ring (bicyclic) bond motifs is 2. The van der Waals surface area contributed by atoms with E-state index >= 15 is 28.8 Å². The number of epoxide rings is 2. The molecule has 4 saturated heterocycles. The first-order valence-electron chi connectivity index (χ1n) is 43.6. The molecular formula is C101H105N7O16. The number of piperazine rings is 2. The van der Waals surface area contributed by atoms with Crippen LogP contribution < -0.4 is 34.1 Å². The minimum atomic E-state index is -1.51. The van der Waals surface area contributed by atoms with Gasteiger partial charge in [-0.25, -0.2) is 0 Å². The molecule has 4 unspecified atom stereocenters. The molecule has 0 saturated carbocycles. The van der Waals surface area contributed by atoms with E-state index in [0.29, 0.717) is 92.9 Å². The van der Waals surface area contributed by atoms with Gasteiger partial charge in [-0.2, -0.15) is 0 Å². The standard InChI is InChI=1S/C101H105N7O16/c1-13-117-54-80(100(115)105-43-39-103(40-44-105)78-19-15-17-72(60(78)11)82(109)38-37-70-52-119-70)107-96(111)74-47-83(121-66-29-21-62(22-30-66)56(3)4)89-91-85(123-68-33-25-64(26-34-68)58(7)8)49-76-88-77(99(114)108(98(76)113)81(55-118-14-2)101(116)106-45-41-104(42-46-106)79-20-16-18-73(61(79)12)95(110)102-51-71-53-120-71)50-86(124-69-35-27-65(28-36-69)59(9)10)92(94(88)91)90-84(48-75(97(107)112)87(74)93(89)90)122-67-31-23-63(24-32-67)57(5)6/h15-36,47-50,56-59,70-71,80-81H,13-14,37-46,51-55H2,1-12H3,(H,102,110). The molecule has 124 heavy (non-hydrogen) atoms. The van der Waals surface area contributed by atoms with Crippen LogP contribution in [0.5, 0.6) is 46.0 Å². The fraction of sp³-hybridized carbons (Fsp3) is 0.366. The number of ketones is 1. The van der Waals surface area contributed by atoms with Crippen LogP contribution in [0.3, 0.4) is 0 Å². The Hall–Kier alpha value is -12.3. The van der Waals surface area contributed by atoms with Gasteiger partial charge in [-0.1, -0.05) is 122 Å². The normalized spacial score (nSPS) is 16.9. The summed E-state index contributed by atoms with van der Waals surface area (Å²) in [5, 5.41) is 5.03. The second-order valence-corrected chi connectivity index (χ2v) is 34.4. The Balaban J connectivity index is 0.871. The fourth-order valence-corrected chi connectivity index (χ4v) is 18.0. The lowest BCUT2D eigenvalue weighted by Gasteiger charge is -2.41. The third-order valence-corrected chi connectivity index (χ3v) is 25.2. The van der Waals surface area contributed by atoms with Gasteiger partial charge in [0.2, 0.25) is 11.8 Å². The van der Waals surface area contributed by atoms with Crippen molar-refractivity contribution in [2.75, 3.05) is 108 Å². The quantitative estimate of drug-likeness (QED) is 0.0139. The number of Topliss-reactive ketones (excluding diaryl/α,β-unsaturated/α-hetero) is 1. The van der Waals surface area contributed by atoms with Crippen molar-refractivity contribution in [1.29, 1.82) is 0 Å². The molecule has 1 N–H and O–H groups in total. The molecule has 11 aromatic carbocycles. The van der Waals surface area contributed by atoms with E-state index in [-0.39, 0.29) is 189 Å². The van der Waals surface area contributed by atoms with Gasteiger partial charge in [0.25, 0.3) is 29.5 Å². The van der Waals surface area contributed by atoms with E-state index in [2.05, 4.69) is 70.5 Å². The van der Waals surface area contributed by atoms with Crippen LogP contribution in [0.1, 0.15) is 201 Å². The zero-order valence-corrected chi connectivity index (χ0v) is 72.4. The summed E-state index contributed by atoms with van der Waals surface area (Å²) in [5.74, 6) is -2.22. The van der Waals surface area contributed by atoms with Gasteiger partial charge in [0.1, 0.15) is 58.1 Å². The molecule has 4 atom stereocenters. The molecule has 6 aliphatic rings. The monoisotopic (exact) mass is 1670 g/mol. The van der Waals surface area contributed by atoms with Gasteiger partial charge in [0.15, 0.2) is 5.78 Å². The molecule has 0 aromatic heterocycles. The maximum Gasteiger partial charge on any atom is 0.262 e. The smallest absolute Gasteiger partial charge is 0.262 e. The van der Waals surface area contributed by atoms with Gasteiger partial charge in [0.05, 0.1) is 60.9 Å². The molecule has 6 heterocycles. The number of amides is 7. The van der Waals surface area contributed by atoms with Crippen molar-refractivity contribution in [2.24, 2.45) is 0 Å². The number of carbonyl (C=O) groups excluding carboxylic acids is 8. The van der Waals surface area contributed by atoms with E-state index < -0.39 is 47.5 Å². The number of hydrogen-bond donors (Lipinski definition) is 1. The van der Waals surface area contributed by atoms with Crippen molar-refractivity contribution in [3.63, 3.8) is 0 Å². The molecule has 6 aliphatic heterocycles. The zero-order valence-electron chi connectivity index (χ0n) is 72.4. The first kappa shape index (κ1) is 84.0. The molecule has 7 amide bonds. The van der Waals surface area contributed by atoms with E-state index in [1.54, 1.807) is 54.0 Å². The lowest BCUT2D eigenvalue weighted by molar-refractivity contribution is -0.138. The molecule has 17 rings (SSSR count). The van der Waals surface area contributed by atoms with Crippen molar-refractivity contribution >= 4 is 102 Å². The molecule has 0 bridgehead atoms. The van der Waals surface area contributed by atoms with E-state index in [1.165, 1.54) is 0 Å². The summed E-state index contributed by atoms with van der Waals surface area (Å²) in [5.41, 5.74) is 8.54. The molecule has 0 aliphatic carbocycles. The number of ether oxygens (including phenoxy) is 8. The average molecular weight is 1670 g/mol. The Labute approximate surface area is 721 Å². The van der Waals surface area contributed by atoms with Crippen molar-refractivity contribution < 1.29 is 76.3 Å². The molecule has 640 valence electrons. The molecule has 4 fully saturated rings. The van der Waals surface area contributed by atoms with Crippen molar-refractivity contribution in [1.82, 2.24) is 24.9 Å². The van der Waals surface area contributed by atoms with E-state index in [0.717, 1.165) is 54.6 Å². The predicted molar refractivity (Wildman–Crippen MR) is 477 cm³/mol. The van der Waals surface area contributed by atoms with Crippen LogP contribution in [0.15, 0.2) is 158 Å². The highest BCUT2D eigenvalue weighted by molar-refractivity contribution is 6.45. The van der Waals surface area contributed by atoms with Crippen LogP contribution >= 0.6 is 0 Å². The van der Waals surface area contributed by atoms with Gasteiger partial charge < -0.3 is 62.8 Å². The summed E-state index contributed by atoms with van der Waals surface area (Å²) in [6.07, 6.45) is 1.14. The second kappa shape index (κ2) is 34.8. The number of nitrogens with zero attached hydrogens (tertiary/aromatic N) is 6. The number of anilines is 2. The largest absolute Gasteiger partial charge is 0.457 e. The van der Waals surface area contributed by atoms with Gasteiger partial charge in [-0.15, -0.1) is 0 Å². The SMILES string of the molecule is CCOCC(C(=O)N1CCN(c2cccc(C(=O)CCC3CO3)c2C)CC1)N1C(=O)c2cc(Oc3ccc(C(C)C)cc3)c3c4c(Oc5ccc(C(C)C)cc5)cc5c6c(cc(Oc7ccc(C(C)C)cc7)c(c7c(Oc8ccc(C(C)C)cc8)cc(c2c37)C1=O)c64)C(=O)N(C(COCC)C(=O)N1CCN(c2cccc(C(=O)NCC3CO3)c2C)CC1)C5=O. The van der Waals surface area contributed by atoms with Crippen LogP contribution in [0.25, 0.3) is 43.1 Å². The maximum absolute atomic E-state index is 16.8. The lowest BCUT2D eigenvalue weighted by atomic mass is 9.80. The third-order valence-electron chi connectivity index (χ3n) is 25.2. The van der Waals surface area contributed by atoms with Gasteiger partial charge in [-0.3, -0.25) is 48.2 Å². The Kier molecular flexibility index (Phi) is 23.6. The summed E-state index contributed by atoms with van der Waals surface area (Å²) in [4.78, 5) is 136. The number of carbonyl (C=O) groups is 8. The molecule has 0 spiro atoms. The number of rotatable bonds is 31. The molecule has 23 heteroatoms. The second-order valence-electron chi connectivity index (χ2n) is 34.4. The van der Waals surface area contributed by atoms with Gasteiger partial charge in [0, 0.05) is 144 Å². The number of nitrogens with one attached hydrogen (secondary N) is 1. The summed E-state index contributed by atoms with van der Waals surface area (Å²) >= 11 is 0. The summed E-state index contributed by atoms with van der Waals surface area (Å²) in [6, 6.07) is 45.2. The highest BCUT2D eigenvalue weighted by atomic mass is 16.6. The molecular weight excluding hydrogens is 1570 g/mol.